The number of amides is 1. The summed E-state index contributed by atoms with van der Waals surface area (Å²) < 4.78 is 10.7. The number of piperidine rings is 1. The normalized spacial score (nSPS) is 27.5. The second-order valence-corrected chi connectivity index (χ2v) is 6.64. The van der Waals surface area contributed by atoms with Gasteiger partial charge < -0.3 is 15.2 Å². The fraction of sp³-hybridized carbons (Fsp3) is 0.611. The Labute approximate surface area is 137 Å². The number of hydrogen-bond donors (Lipinski definition) is 1. The predicted octanol–water partition coefficient (Wildman–Crippen LogP) is 2.11. The predicted molar refractivity (Wildman–Crippen MR) is 88.3 cm³/mol. The van der Waals surface area contributed by atoms with Gasteiger partial charge in [-0.25, -0.2) is 0 Å². The molecule has 0 radical (unpaired) electrons. The van der Waals surface area contributed by atoms with E-state index >= 15 is 0 Å². The van der Waals surface area contributed by atoms with Crippen LogP contribution in [-0.4, -0.2) is 49.9 Å². The molecule has 5 nitrogen and oxygen atoms in total. The average molecular weight is 318 g/mol. The van der Waals surface area contributed by atoms with Gasteiger partial charge in [0.25, 0.3) is 0 Å². The van der Waals surface area contributed by atoms with Crippen LogP contribution < -0.4 is 5.73 Å². The van der Waals surface area contributed by atoms with Gasteiger partial charge in [0.2, 0.25) is 5.91 Å². The summed E-state index contributed by atoms with van der Waals surface area (Å²) in [4.78, 5) is 14.0. The first-order chi connectivity index (χ1) is 11.1. The van der Waals surface area contributed by atoms with E-state index in [9.17, 15) is 4.79 Å². The lowest BCUT2D eigenvalue weighted by Gasteiger charge is -2.40. The zero-order chi connectivity index (χ0) is 16.4. The second-order valence-electron chi connectivity index (χ2n) is 6.64. The lowest BCUT2D eigenvalue weighted by molar-refractivity contribution is -0.125. The Bertz CT molecular complexity index is 545. The molecule has 3 rings (SSSR count). The summed E-state index contributed by atoms with van der Waals surface area (Å²) in [6.07, 6.45) is 4.55. The van der Waals surface area contributed by atoms with E-state index < -0.39 is 0 Å². The number of ether oxygens (including phenoxy) is 2. The minimum atomic E-state index is -0.352. The number of nitrogens with zero attached hydrogens (tertiary/aromatic N) is 1. The van der Waals surface area contributed by atoms with E-state index in [0.29, 0.717) is 23.6 Å². The molecule has 0 saturated carbocycles. The Kier molecular flexibility index (Phi) is 4.99. The minimum absolute atomic E-state index is 0.159. The summed E-state index contributed by atoms with van der Waals surface area (Å²) in [6, 6.07) is 8.97. The number of carbonyl (C=O) groups excluding carboxylic acids is 1. The van der Waals surface area contributed by atoms with E-state index in [1.807, 2.05) is 12.1 Å². The molecule has 1 amide bonds. The van der Waals surface area contributed by atoms with Crippen molar-refractivity contribution >= 4 is 5.91 Å². The number of rotatable bonds is 6. The Hall–Kier alpha value is -1.43. The summed E-state index contributed by atoms with van der Waals surface area (Å²) in [6.45, 7) is 0.830. The zero-order valence-corrected chi connectivity index (χ0v) is 13.9. The van der Waals surface area contributed by atoms with E-state index in [1.54, 1.807) is 20.3 Å². The molecule has 0 unspecified atom stereocenters. The lowest BCUT2D eigenvalue weighted by atomic mass is 9.84. The molecule has 23 heavy (non-hydrogen) atoms. The third kappa shape index (κ3) is 3.42. The molecule has 2 fully saturated rings. The van der Waals surface area contributed by atoms with Gasteiger partial charge in [0.15, 0.2) is 6.29 Å². The van der Waals surface area contributed by atoms with Crippen molar-refractivity contribution in [1.29, 1.82) is 0 Å². The Morgan fingerprint density at radius 2 is 1.91 bits per heavy atom. The summed E-state index contributed by atoms with van der Waals surface area (Å²) in [7, 11) is 3.39. The smallest absolute Gasteiger partial charge is 0.248 e. The molecule has 2 bridgehead atoms. The van der Waals surface area contributed by atoms with Gasteiger partial charge in [-0.3, -0.25) is 9.69 Å². The fourth-order valence-corrected chi connectivity index (χ4v) is 4.21. The maximum atomic E-state index is 11.4. The van der Waals surface area contributed by atoms with Crippen molar-refractivity contribution in [2.24, 2.45) is 5.73 Å². The summed E-state index contributed by atoms with van der Waals surface area (Å²) in [5, 5.41) is 0. The summed E-state index contributed by atoms with van der Waals surface area (Å²) in [5.41, 5.74) is 7.26. The highest BCUT2D eigenvalue weighted by molar-refractivity contribution is 5.92. The van der Waals surface area contributed by atoms with Gasteiger partial charge in [-0.05, 0) is 49.3 Å². The monoisotopic (exact) mass is 318 g/mol. The molecule has 0 aromatic heterocycles. The van der Waals surface area contributed by atoms with Crippen molar-refractivity contribution in [3.8, 4) is 0 Å². The number of primary amides is 1. The molecule has 1 aromatic carbocycles. The maximum absolute atomic E-state index is 11.4. The highest BCUT2D eigenvalue weighted by Gasteiger charge is 2.41. The van der Waals surface area contributed by atoms with Gasteiger partial charge >= 0.3 is 0 Å². The van der Waals surface area contributed by atoms with Crippen molar-refractivity contribution in [2.45, 2.75) is 50.0 Å². The van der Waals surface area contributed by atoms with Crippen molar-refractivity contribution < 1.29 is 14.3 Å². The topological polar surface area (TPSA) is 64.8 Å². The SMILES string of the molecule is COC(CN1[C@@H]2CC[C@H]1C[C@@H](c1cccc(C(N)=O)c1)C2)OC. The standard InChI is InChI=1S/C18H26N2O3/c1-22-17(23-2)11-20-15-6-7-16(20)10-14(9-15)12-4-3-5-13(8-12)18(19)21/h3-5,8,14-17H,6-7,9-11H2,1-2H3,(H2,19,21)/t14-,15+,16-. The van der Waals surface area contributed by atoms with Gasteiger partial charge in [0.1, 0.15) is 0 Å². The molecule has 2 aliphatic rings. The lowest BCUT2D eigenvalue weighted by Crippen LogP contribution is -2.46. The molecular formula is C18H26N2O3. The van der Waals surface area contributed by atoms with Crippen molar-refractivity contribution in [1.82, 2.24) is 4.90 Å². The molecule has 2 saturated heterocycles. The Morgan fingerprint density at radius 3 is 2.48 bits per heavy atom. The van der Waals surface area contributed by atoms with Crippen LogP contribution in [0.25, 0.3) is 0 Å². The van der Waals surface area contributed by atoms with Crippen molar-refractivity contribution in [3.05, 3.63) is 35.4 Å². The third-order valence-electron chi connectivity index (χ3n) is 5.41. The van der Waals surface area contributed by atoms with Crippen molar-refractivity contribution in [2.75, 3.05) is 20.8 Å². The molecule has 1 aromatic rings. The quantitative estimate of drug-likeness (QED) is 0.816. The first-order valence-electron chi connectivity index (χ1n) is 8.33. The molecule has 3 atom stereocenters. The fourth-order valence-electron chi connectivity index (χ4n) is 4.21. The van der Waals surface area contributed by atoms with Crippen LogP contribution in [0.3, 0.4) is 0 Å². The average Bonchev–Trinajstić information content (AvgIpc) is 2.80. The minimum Gasteiger partial charge on any atom is -0.366 e. The molecule has 2 aliphatic heterocycles. The molecule has 0 spiro atoms. The van der Waals surface area contributed by atoms with Crippen LogP contribution in [-0.2, 0) is 9.47 Å². The third-order valence-corrected chi connectivity index (χ3v) is 5.41. The van der Waals surface area contributed by atoms with E-state index in [4.69, 9.17) is 15.2 Å². The number of carbonyl (C=O) groups is 1. The highest BCUT2D eigenvalue weighted by atomic mass is 16.7. The number of nitrogens with two attached hydrogens (primary N) is 1. The van der Waals surface area contributed by atoms with Crippen LogP contribution in [0.5, 0.6) is 0 Å². The van der Waals surface area contributed by atoms with Crippen LogP contribution in [0.15, 0.2) is 24.3 Å². The summed E-state index contributed by atoms with van der Waals surface area (Å²) >= 11 is 0. The van der Waals surface area contributed by atoms with Gasteiger partial charge in [0, 0.05) is 31.9 Å². The first kappa shape index (κ1) is 16.4. The van der Waals surface area contributed by atoms with Gasteiger partial charge in [-0.2, -0.15) is 0 Å². The number of hydrogen-bond acceptors (Lipinski definition) is 4. The molecule has 2 heterocycles. The van der Waals surface area contributed by atoms with Crippen LogP contribution in [0.4, 0.5) is 0 Å². The van der Waals surface area contributed by atoms with Gasteiger partial charge in [-0.15, -0.1) is 0 Å². The molecule has 2 N–H and O–H groups in total. The number of methoxy groups -OCH3 is 2. The van der Waals surface area contributed by atoms with E-state index in [0.717, 1.165) is 19.4 Å². The van der Waals surface area contributed by atoms with Crippen LogP contribution in [0.2, 0.25) is 0 Å². The van der Waals surface area contributed by atoms with Crippen molar-refractivity contribution in [3.63, 3.8) is 0 Å². The van der Waals surface area contributed by atoms with E-state index in [1.165, 1.54) is 18.4 Å². The maximum Gasteiger partial charge on any atom is 0.248 e. The zero-order valence-electron chi connectivity index (χ0n) is 13.9. The largest absolute Gasteiger partial charge is 0.366 e. The number of benzene rings is 1. The van der Waals surface area contributed by atoms with E-state index in [2.05, 4.69) is 11.0 Å². The molecule has 0 aliphatic carbocycles. The molecular weight excluding hydrogens is 292 g/mol. The van der Waals surface area contributed by atoms with Crippen LogP contribution in [0.1, 0.15) is 47.5 Å². The van der Waals surface area contributed by atoms with Crippen LogP contribution in [0, 0.1) is 0 Å². The summed E-state index contributed by atoms with van der Waals surface area (Å²) in [5.74, 6) is 0.155. The highest BCUT2D eigenvalue weighted by Crippen LogP contribution is 2.43. The van der Waals surface area contributed by atoms with Gasteiger partial charge in [0.05, 0.1) is 6.54 Å². The van der Waals surface area contributed by atoms with Crippen LogP contribution >= 0.6 is 0 Å². The molecule has 5 heteroatoms. The first-order valence-corrected chi connectivity index (χ1v) is 8.33. The Morgan fingerprint density at radius 1 is 1.26 bits per heavy atom. The van der Waals surface area contributed by atoms with Gasteiger partial charge in [-0.1, -0.05) is 12.1 Å². The molecule has 126 valence electrons. The second kappa shape index (κ2) is 6.99. The van der Waals surface area contributed by atoms with E-state index in [-0.39, 0.29) is 12.2 Å². The Balaban J connectivity index is 1.71. The number of fused-ring (bicyclic) bond motifs is 2.